The third kappa shape index (κ3) is 4.12. The van der Waals surface area contributed by atoms with Crippen molar-refractivity contribution in [2.45, 2.75) is 13.5 Å². The SMILES string of the molecule is Cc1cccc(N2CCN(C3=C(c4ccccc4)C(=O)N(Cc4ccncc4)C3=O)CC2)c1. The van der Waals surface area contributed by atoms with Gasteiger partial charge in [0.1, 0.15) is 5.70 Å². The molecule has 2 aliphatic heterocycles. The molecule has 0 aliphatic carbocycles. The largest absolute Gasteiger partial charge is 0.368 e. The van der Waals surface area contributed by atoms with Crippen LogP contribution in [0.3, 0.4) is 0 Å². The lowest BCUT2D eigenvalue weighted by atomic mass is 10.0. The Morgan fingerprint density at radius 3 is 2.18 bits per heavy atom. The van der Waals surface area contributed by atoms with Gasteiger partial charge in [0.05, 0.1) is 12.1 Å². The number of hydrogen-bond donors (Lipinski definition) is 0. The summed E-state index contributed by atoms with van der Waals surface area (Å²) in [4.78, 5) is 36.9. The number of aryl methyl sites for hydroxylation is 1. The monoisotopic (exact) mass is 438 g/mol. The second-order valence-corrected chi connectivity index (χ2v) is 8.45. The van der Waals surface area contributed by atoms with Crippen LogP contribution in [-0.4, -0.2) is 52.8 Å². The summed E-state index contributed by atoms with van der Waals surface area (Å²) in [6.45, 7) is 5.28. The number of carbonyl (C=O) groups excluding carboxylic acids is 2. The number of piperazine rings is 1. The van der Waals surface area contributed by atoms with E-state index in [-0.39, 0.29) is 18.4 Å². The van der Waals surface area contributed by atoms with E-state index in [1.807, 2.05) is 42.5 Å². The van der Waals surface area contributed by atoms with Crippen LogP contribution in [-0.2, 0) is 16.1 Å². The van der Waals surface area contributed by atoms with Crippen molar-refractivity contribution in [3.05, 3.63) is 102 Å². The molecule has 0 spiro atoms. The smallest absolute Gasteiger partial charge is 0.278 e. The van der Waals surface area contributed by atoms with Crippen molar-refractivity contribution < 1.29 is 9.59 Å². The van der Waals surface area contributed by atoms with Gasteiger partial charge in [-0.1, -0.05) is 42.5 Å². The van der Waals surface area contributed by atoms with Gasteiger partial charge >= 0.3 is 0 Å². The summed E-state index contributed by atoms with van der Waals surface area (Å²) in [5, 5.41) is 0. The first-order chi connectivity index (χ1) is 16.1. The van der Waals surface area contributed by atoms with Gasteiger partial charge < -0.3 is 9.80 Å². The summed E-state index contributed by atoms with van der Waals surface area (Å²) >= 11 is 0. The van der Waals surface area contributed by atoms with Crippen LogP contribution in [0.4, 0.5) is 5.69 Å². The third-order valence-electron chi connectivity index (χ3n) is 6.26. The third-order valence-corrected chi connectivity index (χ3v) is 6.26. The number of nitrogens with zero attached hydrogens (tertiary/aromatic N) is 4. The van der Waals surface area contributed by atoms with Gasteiger partial charge in [-0.25, -0.2) is 0 Å². The zero-order valence-corrected chi connectivity index (χ0v) is 18.6. The molecule has 3 aromatic rings. The quantitative estimate of drug-likeness (QED) is 0.571. The average molecular weight is 439 g/mol. The Labute approximate surface area is 193 Å². The van der Waals surface area contributed by atoms with E-state index in [1.165, 1.54) is 16.2 Å². The number of carbonyl (C=O) groups is 2. The summed E-state index contributed by atoms with van der Waals surface area (Å²) in [5.74, 6) is -0.459. The van der Waals surface area contributed by atoms with E-state index in [1.54, 1.807) is 12.4 Å². The van der Waals surface area contributed by atoms with Gasteiger partial charge in [0, 0.05) is 44.3 Å². The van der Waals surface area contributed by atoms with Crippen LogP contribution >= 0.6 is 0 Å². The average Bonchev–Trinajstić information content (AvgIpc) is 3.10. The second kappa shape index (κ2) is 8.90. The first-order valence-corrected chi connectivity index (χ1v) is 11.2. The number of imide groups is 1. The molecule has 0 radical (unpaired) electrons. The Morgan fingerprint density at radius 2 is 1.48 bits per heavy atom. The molecule has 3 heterocycles. The van der Waals surface area contributed by atoms with E-state index >= 15 is 0 Å². The van der Waals surface area contributed by atoms with Crippen LogP contribution in [0.15, 0.2) is 84.8 Å². The van der Waals surface area contributed by atoms with Crippen molar-refractivity contribution in [3.63, 3.8) is 0 Å². The van der Waals surface area contributed by atoms with Crippen molar-refractivity contribution in [1.82, 2.24) is 14.8 Å². The molecule has 0 N–H and O–H groups in total. The number of pyridine rings is 1. The first kappa shape index (κ1) is 20.9. The number of rotatable bonds is 5. The number of benzene rings is 2. The Bertz CT molecular complexity index is 1200. The minimum atomic E-state index is -0.237. The lowest BCUT2D eigenvalue weighted by Crippen LogP contribution is -2.47. The number of anilines is 1. The van der Waals surface area contributed by atoms with Crippen LogP contribution in [0.5, 0.6) is 0 Å². The molecule has 2 aromatic carbocycles. The van der Waals surface area contributed by atoms with Crippen molar-refractivity contribution in [2.75, 3.05) is 31.1 Å². The Balaban J connectivity index is 1.43. The van der Waals surface area contributed by atoms with E-state index in [0.29, 0.717) is 24.4 Å². The molecule has 0 bridgehead atoms. The van der Waals surface area contributed by atoms with Gasteiger partial charge in [0.25, 0.3) is 11.8 Å². The molecule has 5 rings (SSSR count). The summed E-state index contributed by atoms with van der Waals surface area (Å²) < 4.78 is 0. The zero-order chi connectivity index (χ0) is 22.8. The maximum Gasteiger partial charge on any atom is 0.278 e. The van der Waals surface area contributed by atoms with Crippen LogP contribution in [0, 0.1) is 6.92 Å². The molecule has 0 unspecified atom stereocenters. The van der Waals surface area contributed by atoms with E-state index in [9.17, 15) is 9.59 Å². The molecule has 2 aliphatic rings. The minimum Gasteiger partial charge on any atom is -0.368 e. The van der Waals surface area contributed by atoms with Gasteiger partial charge in [-0.15, -0.1) is 0 Å². The summed E-state index contributed by atoms with van der Waals surface area (Å²) in [7, 11) is 0. The fraction of sp³-hybridized carbons (Fsp3) is 0.222. The number of amides is 2. The molecule has 1 saturated heterocycles. The lowest BCUT2D eigenvalue weighted by molar-refractivity contribution is -0.138. The molecular formula is C27H26N4O2. The molecule has 166 valence electrons. The summed E-state index contributed by atoms with van der Waals surface area (Å²) in [6.07, 6.45) is 3.36. The van der Waals surface area contributed by atoms with Crippen molar-refractivity contribution in [1.29, 1.82) is 0 Å². The first-order valence-electron chi connectivity index (χ1n) is 11.2. The second-order valence-electron chi connectivity index (χ2n) is 8.45. The highest BCUT2D eigenvalue weighted by Gasteiger charge is 2.42. The molecule has 1 fully saturated rings. The maximum atomic E-state index is 13.6. The normalized spacial score (nSPS) is 16.7. The Morgan fingerprint density at radius 1 is 0.788 bits per heavy atom. The molecule has 0 atom stereocenters. The molecular weight excluding hydrogens is 412 g/mol. The zero-order valence-electron chi connectivity index (χ0n) is 18.6. The predicted molar refractivity (Wildman–Crippen MR) is 128 cm³/mol. The van der Waals surface area contributed by atoms with Crippen LogP contribution in [0.1, 0.15) is 16.7 Å². The topological polar surface area (TPSA) is 56.8 Å². The minimum absolute atomic E-state index is 0.223. The van der Waals surface area contributed by atoms with Gasteiger partial charge in [-0.3, -0.25) is 19.5 Å². The molecule has 33 heavy (non-hydrogen) atoms. The van der Waals surface area contributed by atoms with Crippen LogP contribution in [0.2, 0.25) is 0 Å². The number of aromatic nitrogens is 1. The molecule has 6 heteroatoms. The predicted octanol–water partition coefficient (Wildman–Crippen LogP) is 3.49. The standard InChI is InChI=1S/C27H26N4O2/c1-20-6-5-9-23(18-20)29-14-16-30(17-15-29)25-24(22-7-3-2-4-8-22)26(32)31(27(25)33)19-21-10-12-28-13-11-21/h2-13,18H,14-17,19H2,1H3. The van der Waals surface area contributed by atoms with Crippen molar-refractivity contribution in [3.8, 4) is 0 Å². The Kier molecular flexibility index (Phi) is 5.65. The van der Waals surface area contributed by atoms with Crippen molar-refractivity contribution >= 4 is 23.1 Å². The molecule has 1 aromatic heterocycles. The van der Waals surface area contributed by atoms with Crippen LogP contribution in [0.25, 0.3) is 5.57 Å². The summed E-state index contributed by atoms with van der Waals surface area (Å²) in [5.41, 5.74) is 5.10. The van der Waals surface area contributed by atoms with Gasteiger partial charge in [0.15, 0.2) is 0 Å². The van der Waals surface area contributed by atoms with Gasteiger partial charge in [-0.2, -0.15) is 0 Å². The summed E-state index contributed by atoms with van der Waals surface area (Å²) in [6, 6.07) is 21.7. The number of hydrogen-bond acceptors (Lipinski definition) is 5. The van der Waals surface area contributed by atoms with E-state index in [4.69, 9.17) is 0 Å². The molecule has 2 amide bonds. The van der Waals surface area contributed by atoms with E-state index in [2.05, 4.69) is 46.0 Å². The van der Waals surface area contributed by atoms with E-state index in [0.717, 1.165) is 24.2 Å². The highest BCUT2D eigenvalue weighted by molar-refractivity contribution is 6.35. The highest BCUT2D eigenvalue weighted by Crippen LogP contribution is 2.33. The van der Waals surface area contributed by atoms with Crippen molar-refractivity contribution in [2.24, 2.45) is 0 Å². The van der Waals surface area contributed by atoms with Crippen LogP contribution < -0.4 is 4.90 Å². The van der Waals surface area contributed by atoms with Gasteiger partial charge in [-0.05, 0) is 47.9 Å². The maximum absolute atomic E-state index is 13.6. The lowest BCUT2D eigenvalue weighted by Gasteiger charge is -2.37. The Hall–Kier alpha value is -3.93. The fourth-order valence-corrected chi connectivity index (χ4v) is 4.55. The molecule has 0 saturated carbocycles. The molecule has 6 nitrogen and oxygen atoms in total. The fourth-order valence-electron chi connectivity index (χ4n) is 4.55. The highest BCUT2D eigenvalue weighted by atomic mass is 16.2. The van der Waals surface area contributed by atoms with Gasteiger partial charge in [0.2, 0.25) is 0 Å². The van der Waals surface area contributed by atoms with E-state index < -0.39 is 0 Å².